The fraction of sp³-hybridized carbons (Fsp3) is 0.923. The maximum absolute atomic E-state index is 11.9. The van der Waals surface area contributed by atoms with Crippen molar-refractivity contribution < 1.29 is 13.2 Å². The summed E-state index contributed by atoms with van der Waals surface area (Å²) in [6.07, 6.45) is 4.34. The van der Waals surface area contributed by atoms with Crippen LogP contribution in [0.25, 0.3) is 0 Å². The van der Waals surface area contributed by atoms with Gasteiger partial charge in [-0.15, -0.1) is 0 Å². The first kappa shape index (κ1) is 14.8. The highest BCUT2D eigenvalue weighted by Gasteiger charge is 2.26. The number of carbonyl (C=O) groups is 1. The van der Waals surface area contributed by atoms with E-state index in [1.54, 1.807) is 0 Å². The lowest BCUT2D eigenvalue weighted by atomic mass is 9.85. The second-order valence-corrected chi connectivity index (χ2v) is 8.16. The summed E-state index contributed by atoms with van der Waals surface area (Å²) in [5, 5.41) is 2.96. The Labute approximate surface area is 115 Å². The van der Waals surface area contributed by atoms with Gasteiger partial charge in [-0.3, -0.25) is 9.69 Å². The average molecular weight is 288 g/mol. The largest absolute Gasteiger partial charge is 0.355 e. The molecule has 19 heavy (non-hydrogen) atoms. The molecule has 1 aliphatic carbocycles. The number of rotatable bonds is 4. The SMILES string of the molecule is CC1CCS(=O)(=O)CCN1CC(=O)NCC1CCC1. The Balaban J connectivity index is 1.77. The molecular formula is C13H24N2O3S. The molecule has 1 saturated heterocycles. The van der Waals surface area contributed by atoms with E-state index in [-0.39, 0.29) is 23.5 Å². The predicted octanol–water partition coefficient (Wildman–Crippen LogP) is 0.412. The molecule has 0 aromatic heterocycles. The highest BCUT2D eigenvalue weighted by atomic mass is 32.2. The molecule has 1 aliphatic heterocycles. The first-order valence-electron chi connectivity index (χ1n) is 7.17. The van der Waals surface area contributed by atoms with Gasteiger partial charge in [-0.2, -0.15) is 0 Å². The Hall–Kier alpha value is -0.620. The molecule has 2 aliphatic rings. The van der Waals surface area contributed by atoms with Crippen molar-refractivity contribution >= 4 is 15.7 Å². The number of hydrogen-bond acceptors (Lipinski definition) is 4. The average Bonchev–Trinajstić information content (AvgIpc) is 2.40. The Morgan fingerprint density at radius 1 is 1.26 bits per heavy atom. The van der Waals surface area contributed by atoms with Crippen molar-refractivity contribution in [1.82, 2.24) is 10.2 Å². The third-order valence-electron chi connectivity index (χ3n) is 4.32. The molecule has 1 atom stereocenters. The monoisotopic (exact) mass is 288 g/mol. The van der Waals surface area contributed by atoms with Crippen molar-refractivity contribution in [2.24, 2.45) is 5.92 Å². The van der Waals surface area contributed by atoms with Gasteiger partial charge < -0.3 is 5.32 Å². The van der Waals surface area contributed by atoms with Gasteiger partial charge in [0.15, 0.2) is 9.84 Å². The lowest BCUT2D eigenvalue weighted by molar-refractivity contribution is -0.123. The van der Waals surface area contributed by atoms with Gasteiger partial charge in [0.1, 0.15) is 0 Å². The second-order valence-electron chi connectivity index (χ2n) is 5.86. The van der Waals surface area contributed by atoms with Crippen molar-refractivity contribution in [3.05, 3.63) is 0 Å². The Bertz CT molecular complexity index is 418. The van der Waals surface area contributed by atoms with Gasteiger partial charge in [-0.25, -0.2) is 8.42 Å². The van der Waals surface area contributed by atoms with E-state index < -0.39 is 9.84 Å². The van der Waals surface area contributed by atoms with Gasteiger partial charge in [0, 0.05) is 19.1 Å². The van der Waals surface area contributed by atoms with Crippen LogP contribution in [0.1, 0.15) is 32.6 Å². The number of nitrogens with zero attached hydrogens (tertiary/aromatic N) is 1. The summed E-state index contributed by atoms with van der Waals surface area (Å²) < 4.78 is 23.2. The van der Waals surface area contributed by atoms with Crippen LogP contribution in [0, 0.1) is 5.92 Å². The minimum Gasteiger partial charge on any atom is -0.355 e. The molecule has 0 spiro atoms. The Morgan fingerprint density at radius 3 is 2.63 bits per heavy atom. The van der Waals surface area contributed by atoms with Gasteiger partial charge in [0.05, 0.1) is 18.1 Å². The van der Waals surface area contributed by atoms with Crippen molar-refractivity contribution in [3.8, 4) is 0 Å². The summed E-state index contributed by atoms with van der Waals surface area (Å²) in [5.74, 6) is 1.10. The summed E-state index contributed by atoms with van der Waals surface area (Å²) in [6, 6.07) is 0.159. The minimum absolute atomic E-state index is 0.0260. The molecule has 1 unspecified atom stereocenters. The molecule has 0 radical (unpaired) electrons. The van der Waals surface area contributed by atoms with E-state index in [1.807, 2.05) is 11.8 Å². The molecule has 1 saturated carbocycles. The summed E-state index contributed by atoms with van der Waals surface area (Å²) in [4.78, 5) is 13.9. The van der Waals surface area contributed by atoms with E-state index in [2.05, 4.69) is 5.32 Å². The van der Waals surface area contributed by atoms with E-state index in [0.29, 0.717) is 25.4 Å². The van der Waals surface area contributed by atoms with Crippen LogP contribution in [-0.2, 0) is 14.6 Å². The van der Waals surface area contributed by atoms with Crippen LogP contribution >= 0.6 is 0 Å². The second kappa shape index (κ2) is 6.22. The predicted molar refractivity (Wildman–Crippen MR) is 74.7 cm³/mol. The molecule has 2 rings (SSSR count). The highest BCUT2D eigenvalue weighted by molar-refractivity contribution is 7.91. The van der Waals surface area contributed by atoms with E-state index in [9.17, 15) is 13.2 Å². The molecule has 2 fully saturated rings. The normalized spacial score (nSPS) is 28.4. The van der Waals surface area contributed by atoms with Gasteiger partial charge in [-0.05, 0) is 32.1 Å². The third-order valence-corrected chi connectivity index (χ3v) is 5.98. The van der Waals surface area contributed by atoms with E-state index in [4.69, 9.17) is 0 Å². The number of nitrogens with one attached hydrogen (secondary N) is 1. The van der Waals surface area contributed by atoms with Gasteiger partial charge >= 0.3 is 0 Å². The zero-order valence-corrected chi connectivity index (χ0v) is 12.4. The molecule has 1 amide bonds. The highest BCUT2D eigenvalue weighted by Crippen LogP contribution is 2.25. The molecule has 0 aromatic carbocycles. The summed E-state index contributed by atoms with van der Waals surface area (Å²) in [5.41, 5.74) is 0. The first-order valence-corrected chi connectivity index (χ1v) is 8.99. The van der Waals surface area contributed by atoms with Crippen LogP contribution in [0.3, 0.4) is 0 Å². The van der Waals surface area contributed by atoms with Crippen LogP contribution in [0.15, 0.2) is 0 Å². The summed E-state index contributed by atoms with van der Waals surface area (Å²) in [7, 11) is -2.91. The maximum atomic E-state index is 11.9. The van der Waals surface area contributed by atoms with E-state index in [1.165, 1.54) is 19.3 Å². The standard InChI is InChI=1S/C13H24N2O3S/c1-11-5-7-19(17,18)8-6-15(11)10-13(16)14-9-12-3-2-4-12/h11-12H,2-10H2,1H3,(H,14,16). The van der Waals surface area contributed by atoms with Gasteiger partial charge in [0.25, 0.3) is 0 Å². The third kappa shape index (κ3) is 4.45. The first-order chi connectivity index (χ1) is 8.96. The topological polar surface area (TPSA) is 66.5 Å². The Kier molecular flexibility index (Phi) is 4.84. The lowest BCUT2D eigenvalue weighted by Gasteiger charge is -2.28. The number of sulfone groups is 1. The summed E-state index contributed by atoms with van der Waals surface area (Å²) >= 11 is 0. The smallest absolute Gasteiger partial charge is 0.234 e. The van der Waals surface area contributed by atoms with Crippen molar-refractivity contribution in [3.63, 3.8) is 0 Å². The van der Waals surface area contributed by atoms with Crippen molar-refractivity contribution in [1.29, 1.82) is 0 Å². The quantitative estimate of drug-likeness (QED) is 0.814. The Morgan fingerprint density at radius 2 is 2.00 bits per heavy atom. The number of carbonyl (C=O) groups excluding carboxylic acids is 1. The zero-order valence-electron chi connectivity index (χ0n) is 11.6. The van der Waals surface area contributed by atoms with Crippen LogP contribution in [0.2, 0.25) is 0 Å². The molecule has 5 nitrogen and oxygen atoms in total. The molecule has 6 heteroatoms. The van der Waals surface area contributed by atoms with Crippen LogP contribution < -0.4 is 5.32 Å². The van der Waals surface area contributed by atoms with Crippen molar-refractivity contribution in [2.75, 3.05) is 31.1 Å². The van der Waals surface area contributed by atoms with Gasteiger partial charge in [-0.1, -0.05) is 6.42 Å². The summed E-state index contributed by atoms with van der Waals surface area (Å²) in [6.45, 7) is 3.57. The van der Waals surface area contributed by atoms with E-state index in [0.717, 1.165) is 6.54 Å². The zero-order chi connectivity index (χ0) is 13.9. The molecule has 1 N–H and O–H groups in total. The van der Waals surface area contributed by atoms with Crippen LogP contribution in [0.5, 0.6) is 0 Å². The fourth-order valence-corrected chi connectivity index (χ4v) is 3.96. The molecule has 0 bridgehead atoms. The fourth-order valence-electron chi connectivity index (χ4n) is 2.54. The molecular weight excluding hydrogens is 264 g/mol. The number of hydrogen-bond donors (Lipinski definition) is 1. The number of amides is 1. The van der Waals surface area contributed by atoms with E-state index >= 15 is 0 Å². The molecule has 110 valence electrons. The lowest BCUT2D eigenvalue weighted by Crippen LogP contribution is -2.44. The maximum Gasteiger partial charge on any atom is 0.234 e. The molecule has 1 heterocycles. The molecule has 0 aromatic rings. The van der Waals surface area contributed by atoms with Crippen LogP contribution in [0.4, 0.5) is 0 Å². The van der Waals surface area contributed by atoms with Crippen LogP contribution in [-0.4, -0.2) is 56.4 Å². The van der Waals surface area contributed by atoms with Crippen molar-refractivity contribution in [2.45, 2.75) is 38.6 Å². The minimum atomic E-state index is -2.91. The van der Waals surface area contributed by atoms with Gasteiger partial charge in [0.2, 0.25) is 5.91 Å².